The topological polar surface area (TPSA) is 4.44 Å². The SMILES string of the molecule is CCC1=CC=C[NH+]1C.[Cl-]. The lowest BCUT2D eigenvalue weighted by molar-refractivity contribution is -0.780. The highest BCUT2D eigenvalue weighted by Crippen LogP contribution is 1.94. The van der Waals surface area contributed by atoms with Gasteiger partial charge in [0.05, 0.1) is 13.2 Å². The molecular formula is C7H12ClN. The predicted octanol–water partition coefficient (Wildman–Crippen LogP) is -2.67. The third-order valence-corrected chi connectivity index (χ3v) is 1.53. The van der Waals surface area contributed by atoms with Crippen LogP contribution in [0.4, 0.5) is 0 Å². The molecule has 1 aliphatic rings. The monoisotopic (exact) mass is 145 g/mol. The van der Waals surface area contributed by atoms with Crippen LogP contribution in [0.15, 0.2) is 24.0 Å². The first-order valence-corrected chi connectivity index (χ1v) is 3.05. The Morgan fingerprint density at radius 3 is 2.44 bits per heavy atom. The first kappa shape index (κ1) is 8.73. The van der Waals surface area contributed by atoms with Gasteiger partial charge in [0.1, 0.15) is 5.70 Å². The fourth-order valence-electron chi connectivity index (χ4n) is 0.944. The van der Waals surface area contributed by atoms with Crippen LogP contribution in [0.3, 0.4) is 0 Å². The summed E-state index contributed by atoms with van der Waals surface area (Å²) >= 11 is 0. The molecule has 1 nitrogen and oxygen atoms in total. The maximum atomic E-state index is 2.18. The second-order valence-corrected chi connectivity index (χ2v) is 2.09. The molecule has 0 amide bonds. The molecule has 52 valence electrons. The van der Waals surface area contributed by atoms with Gasteiger partial charge in [0.15, 0.2) is 0 Å². The summed E-state index contributed by atoms with van der Waals surface area (Å²) in [6.45, 7) is 2.18. The molecule has 0 fully saturated rings. The fourth-order valence-corrected chi connectivity index (χ4v) is 0.944. The maximum Gasteiger partial charge on any atom is 0.111 e. The first-order valence-electron chi connectivity index (χ1n) is 3.05. The number of nitrogens with one attached hydrogen (secondary N) is 1. The molecular weight excluding hydrogens is 134 g/mol. The van der Waals surface area contributed by atoms with E-state index in [2.05, 4.69) is 32.3 Å². The second-order valence-electron chi connectivity index (χ2n) is 2.09. The Labute approximate surface area is 62.5 Å². The van der Waals surface area contributed by atoms with Crippen molar-refractivity contribution in [1.29, 1.82) is 0 Å². The van der Waals surface area contributed by atoms with Crippen LogP contribution >= 0.6 is 0 Å². The van der Waals surface area contributed by atoms with E-state index in [4.69, 9.17) is 0 Å². The lowest BCUT2D eigenvalue weighted by atomic mass is 10.3. The molecule has 2 heteroatoms. The van der Waals surface area contributed by atoms with E-state index in [1.54, 1.807) is 0 Å². The van der Waals surface area contributed by atoms with Gasteiger partial charge in [0, 0.05) is 12.5 Å². The molecule has 1 aliphatic heterocycles. The summed E-state index contributed by atoms with van der Waals surface area (Å²) in [5.74, 6) is 0. The van der Waals surface area contributed by atoms with Gasteiger partial charge in [0.2, 0.25) is 0 Å². The predicted molar refractivity (Wildman–Crippen MR) is 34.4 cm³/mol. The molecule has 1 unspecified atom stereocenters. The largest absolute Gasteiger partial charge is 1.00 e. The number of hydrogen-bond acceptors (Lipinski definition) is 0. The van der Waals surface area contributed by atoms with E-state index in [-0.39, 0.29) is 12.4 Å². The number of allylic oxidation sites excluding steroid dienone is 3. The van der Waals surface area contributed by atoms with Gasteiger partial charge in [-0.1, -0.05) is 6.92 Å². The fraction of sp³-hybridized carbons (Fsp3) is 0.429. The van der Waals surface area contributed by atoms with Gasteiger partial charge in [0.25, 0.3) is 0 Å². The van der Waals surface area contributed by atoms with Crippen molar-refractivity contribution in [2.24, 2.45) is 0 Å². The molecule has 0 bridgehead atoms. The molecule has 0 spiro atoms. The van der Waals surface area contributed by atoms with E-state index in [1.165, 1.54) is 17.0 Å². The summed E-state index contributed by atoms with van der Waals surface area (Å²) < 4.78 is 0. The zero-order chi connectivity index (χ0) is 5.98. The third kappa shape index (κ3) is 1.84. The van der Waals surface area contributed by atoms with Crippen molar-refractivity contribution in [2.75, 3.05) is 7.05 Å². The van der Waals surface area contributed by atoms with Crippen LogP contribution in [0.25, 0.3) is 0 Å². The highest BCUT2D eigenvalue weighted by Gasteiger charge is 2.06. The Morgan fingerprint density at radius 1 is 1.56 bits per heavy atom. The molecule has 1 N–H and O–H groups in total. The van der Waals surface area contributed by atoms with Crippen LogP contribution in [0.1, 0.15) is 13.3 Å². The molecule has 9 heavy (non-hydrogen) atoms. The minimum atomic E-state index is 0. The summed E-state index contributed by atoms with van der Waals surface area (Å²) in [5.41, 5.74) is 1.48. The van der Waals surface area contributed by atoms with Gasteiger partial charge in [-0.2, -0.15) is 0 Å². The van der Waals surface area contributed by atoms with Crippen molar-refractivity contribution in [3.8, 4) is 0 Å². The Balaban J connectivity index is 0.000000640. The highest BCUT2D eigenvalue weighted by atomic mass is 35.5. The average molecular weight is 146 g/mol. The average Bonchev–Trinajstić information content (AvgIpc) is 2.14. The van der Waals surface area contributed by atoms with E-state index in [1.807, 2.05) is 0 Å². The van der Waals surface area contributed by atoms with Gasteiger partial charge in [-0.15, -0.1) is 0 Å². The number of halogens is 1. The highest BCUT2D eigenvalue weighted by molar-refractivity contribution is 5.09. The first-order chi connectivity index (χ1) is 3.84. The molecule has 1 rings (SSSR count). The molecule has 0 aromatic heterocycles. The van der Waals surface area contributed by atoms with Gasteiger partial charge in [-0.3, -0.25) is 4.90 Å². The summed E-state index contributed by atoms with van der Waals surface area (Å²) in [7, 11) is 2.15. The van der Waals surface area contributed by atoms with Crippen LogP contribution in [0.2, 0.25) is 0 Å². The Bertz CT molecular complexity index is 138. The Hall–Kier alpha value is -0.270. The smallest absolute Gasteiger partial charge is 0.111 e. The molecule has 0 saturated heterocycles. The minimum absolute atomic E-state index is 0. The molecule has 1 atom stereocenters. The quantitative estimate of drug-likeness (QED) is 0.411. The standard InChI is InChI=1S/C7H11N.ClH/c1-3-7-5-4-6-8(7)2;/h4-6H,3H2,1-2H3;1H. The van der Waals surface area contributed by atoms with Crippen molar-refractivity contribution in [2.45, 2.75) is 13.3 Å². The van der Waals surface area contributed by atoms with Gasteiger partial charge in [-0.25, -0.2) is 0 Å². The number of quaternary nitrogens is 1. The van der Waals surface area contributed by atoms with Gasteiger partial charge < -0.3 is 12.4 Å². The van der Waals surface area contributed by atoms with Crippen molar-refractivity contribution < 1.29 is 17.3 Å². The molecule has 0 radical (unpaired) electrons. The Kier molecular flexibility index (Phi) is 3.59. The van der Waals surface area contributed by atoms with E-state index in [9.17, 15) is 0 Å². The van der Waals surface area contributed by atoms with E-state index in [0.29, 0.717) is 0 Å². The third-order valence-electron chi connectivity index (χ3n) is 1.53. The number of rotatable bonds is 1. The summed E-state index contributed by atoms with van der Waals surface area (Å²) in [6.07, 6.45) is 7.60. The zero-order valence-corrected chi connectivity index (χ0v) is 6.57. The maximum absolute atomic E-state index is 2.18. The van der Waals surface area contributed by atoms with Crippen molar-refractivity contribution in [1.82, 2.24) is 0 Å². The summed E-state index contributed by atoms with van der Waals surface area (Å²) in [4.78, 5) is 1.42. The van der Waals surface area contributed by atoms with Crippen LogP contribution in [0.5, 0.6) is 0 Å². The lowest BCUT2D eigenvalue weighted by Gasteiger charge is -2.03. The second kappa shape index (κ2) is 3.70. The molecule has 1 heterocycles. The summed E-state index contributed by atoms with van der Waals surface area (Å²) in [6, 6.07) is 0. The van der Waals surface area contributed by atoms with E-state index >= 15 is 0 Å². The van der Waals surface area contributed by atoms with Crippen LogP contribution in [0, 0.1) is 0 Å². The van der Waals surface area contributed by atoms with Crippen LogP contribution in [-0.4, -0.2) is 7.05 Å². The lowest BCUT2D eigenvalue weighted by Crippen LogP contribution is -3.01. The molecule has 0 aliphatic carbocycles. The van der Waals surface area contributed by atoms with Crippen molar-refractivity contribution in [3.63, 3.8) is 0 Å². The number of hydrogen-bond donors (Lipinski definition) is 1. The normalized spacial score (nSPS) is 23.3. The van der Waals surface area contributed by atoms with Crippen LogP contribution in [-0.2, 0) is 0 Å². The Morgan fingerprint density at radius 2 is 2.22 bits per heavy atom. The van der Waals surface area contributed by atoms with E-state index in [0.717, 1.165) is 0 Å². The summed E-state index contributed by atoms with van der Waals surface area (Å²) in [5, 5.41) is 0. The van der Waals surface area contributed by atoms with Crippen molar-refractivity contribution >= 4 is 0 Å². The zero-order valence-electron chi connectivity index (χ0n) is 5.82. The van der Waals surface area contributed by atoms with Gasteiger partial charge in [-0.05, 0) is 6.08 Å². The minimum Gasteiger partial charge on any atom is -1.00 e. The van der Waals surface area contributed by atoms with E-state index < -0.39 is 0 Å². The molecule has 0 aromatic carbocycles. The van der Waals surface area contributed by atoms with Crippen molar-refractivity contribution in [3.05, 3.63) is 24.0 Å². The van der Waals surface area contributed by atoms with Crippen LogP contribution < -0.4 is 17.3 Å². The molecule has 0 aromatic rings. The van der Waals surface area contributed by atoms with Gasteiger partial charge >= 0.3 is 0 Å². The molecule has 0 saturated carbocycles.